The molecule has 0 spiro atoms. The van der Waals surface area contributed by atoms with Crippen molar-refractivity contribution in [2.24, 2.45) is 0 Å². The number of esters is 1. The fourth-order valence-corrected chi connectivity index (χ4v) is 1.09. The van der Waals surface area contributed by atoms with Gasteiger partial charge in [0.25, 0.3) is 0 Å². The predicted molar refractivity (Wildman–Crippen MR) is 42.1 cm³/mol. The fourth-order valence-electron chi connectivity index (χ4n) is 0.863. The second-order valence-electron chi connectivity index (χ2n) is 2.09. The summed E-state index contributed by atoms with van der Waals surface area (Å²) in [4.78, 5) is 10.8. The molecule has 0 aromatic carbocycles. The molecule has 1 rings (SSSR count). The van der Waals surface area contributed by atoms with Crippen molar-refractivity contribution in [3.63, 3.8) is 0 Å². The third-order valence-corrected chi connectivity index (χ3v) is 1.82. The van der Waals surface area contributed by atoms with E-state index in [1.165, 1.54) is 0 Å². The molecule has 0 atom stereocenters. The van der Waals surface area contributed by atoms with Gasteiger partial charge in [0.05, 0.1) is 6.61 Å². The van der Waals surface area contributed by atoms with Gasteiger partial charge < -0.3 is 4.74 Å². The van der Waals surface area contributed by atoms with E-state index in [2.05, 4.69) is 15.9 Å². The summed E-state index contributed by atoms with van der Waals surface area (Å²) in [5, 5.41) is 0.907. The molecule has 0 unspecified atom stereocenters. The van der Waals surface area contributed by atoms with Gasteiger partial charge in [-0.1, -0.05) is 22.0 Å². The van der Waals surface area contributed by atoms with E-state index in [-0.39, 0.29) is 5.97 Å². The molecule has 56 valence electrons. The highest BCUT2D eigenvalue weighted by molar-refractivity contribution is 9.09. The number of alkyl halides is 1. The van der Waals surface area contributed by atoms with Crippen molar-refractivity contribution in [1.82, 2.24) is 0 Å². The maximum absolute atomic E-state index is 10.8. The van der Waals surface area contributed by atoms with E-state index in [0.717, 1.165) is 23.7 Å². The Bertz CT molecular complexity index is 163. The average Bonchev–Trinajstić information content (AvgIpc) is 2.31. The molecular weight excluding hydrogens is 196 g/mol. The molecule has 3 heteroatoms. The number of rotatable bonds is 2. The third-order valence-electron chi connectivity index (χ3n) is 1.37. The Labute approximate surface area is 68.4 Å². The zero-order chi connectivity index (χ0) is 7.40. The Balaban J connectivity index is 2.46. The lowest BCUT2D eigenvalue weighted by Gasteiger charge is -1.88. The van der Waals surface area contributed by atoms with Gasteiger partial charge in [0.2, 0.25) is 0 Å². The van der Waals surface area contributed by atoms with Crippen LogP contribution in [0.1, 0.15) is 12.8 Å². The highest BCUT2D eigenvalue weighted by Crippen LogP contribution is 2.13. The van der Waals surface area contributed by atoms with Gasteiger partial charge in [0, 0.05) is 17.3 Å². The van der Waals surface area contributed by atoms with Crippen molar-refractivity contribution in [3.05, 3.63) is 11.6 Å². The molecule has 0 saturated carbocycles. The van der Waals surface area contributed by atoms with Gasteiger partial charge in [-0.15, -0.1) is 0 Å². The quantitative estimate of drug-likeness (QED) is 0.389. The van der Waals surface area contributed by atoms with E-state index in [0.29, 0.717) is 6.61 Å². The highest BCUT2D eigenvalue weighted by Gasteiger charge is 2.17. The topological polar surface area (TPSA) is 26.3 Å². The first-order valence-corrected chi connectivity index (χ1v) is 4.39. The number of hydrogen-bond acceptors (Lipinski definition) is 2. The molecule has 10 heavy (non-hydrogen) atoms. The van der Waals surface area contributed by atoms with Crippen LogP contribution in [0.3, 0.4) is 0 Å². The minimum absolute atomic E-state index is 0.138. The number of allylic oxidation sites excluding steroid dienone is 1. The first-order valence-electron chi connectivity index (χ1n) is 3.26. The molecule has 2 nitrogen and oxygen atoms in total. The van der Waals surface area contributed by atoms with Crippen LogP contribution in [0.4, 0.5) is 0 Å². The van der Waals surface area contributed by atoms with Crippen molar-refractivity contribution in [2.75, 3.05) is 11.9 Å². The maximum Gasteiger partial charge on any atom is 0.333 e. The van der Waals surface area contributed by atoms with Crippen molar-refractivity contribution in [2.45, 2.75) is 12.8 Å². The van der Waals surface area contributed by atoms with Crippen molar-refractivity contribution in [1.29, 1.82) is 0 Å². The lowest BCUT2D eigenvalue weighted by Crippen LogP contribution is -1.94. The van der Waals surface area contributed by atoms with Crippen molar-refractivity contribution in [3.8, 4) is 0 Å². The number of carbonyl (C=O) groups is 1. The molecule has 1 saturated heterocycles. The van der Waals surface area contributed by atoms with E-state index in [1.807, 2.05) is 6.08 Å². The van der Waals surface area contributed by atoms with Gasteiger partial charge in [-0.2, -0.15) is 0 Å². The van der Waals surface area contributed by atoms with Gasteiger partial charge in [0.15, 0.2) is 0 Å². The van der Waals surface area contributed by atoms with Gasteiger partial charge in [-0.25, -0.2) is 4.79 Å². The predicted octanol–water partition coefficient (Wildman–Crippen LogP) is 1.64. The first kappa shape index (κ1) is 7.79. The van der Waals surface area contributed by atoms with Crippen LogP contribution in [0.25, 0.3) is 0 Å². The molecule has 1 aliphatic heterocycles. The molecular formula is C7H9BrO2. The maximum atomic E-state index is 10.8. The minimum atomic E-state index is -0.138. The second-order valence-corrected chi connectivity index (χ2v) is 2.89. The van der Waals surface area contributed by atoms with Crippen LogP contribution in [-0.4, -0.2) is 17.9 Å². The van der Waals surface area contributed by atoms with E-state index >= 15 is 0 Å². The smallest absolute Gasteiger partial charge is 0.333 e. The van der Waals surface area contributed by atoms with Crippen LogP contribution in [0.5, 0.6) is 0 Å². The summed E-state index contributed by atoms with van der Waals surface area (Å²) in [6, 6.07) is 0. The average molecular weight is 205 g/mol. The lowest BCUT2D eigenvalue weighted by atomic mass is 10.2. The number of halogens is 1. The van der Waals surface area contributed by atoms with Crippen LogP contribution < -0.4 is 0 Å². The fraction of sp³-hybridized carbons (Fsp3) is 0.571. The Morgan fingerprint density at radius 2 is 2.50 bits per heavy atom. The van der Waals surface area contributed by atoms with E-state index in [9.17, 15) is 4.79 Å². The summed E-state index contributed by atoms with van der Waals surface area (Å²) in [5.41, 5.74) is 0.833. The van der Waals surface area contributed by atoms with E-state index in [1.54, 1.807) is 0 Å². The third kappa shape index (κ3) is 1.84. The molecule has 0 amide bonds. The van der Waals surface area contributed by atoms with Gasteiger partial charge in [0.1, 0.15) is 0 Å². The number of ether oxygens (including phenoxy) is 1. The highest BCUT2D eigenvalue weighted by atomic mass is 79.9. The largest absolute Gasteiger partial charge is 0.462 e. The SMILES string of the molecule is O=C1OCC/C1=C/CCBr. The van der Waals surface area contributed by atoms with Crippen molar-refractivity contribution < 1.29 is 9.53 Å². The normalized spacial score (nSPS) is 21.7. The molecule has 0 radical (unpaired) electrons. The molecule has 1 fully saturated rings. The molecule has 0 bridgehead atoms. The van der Waals surface area contributed by atoms with Crippen molar-refractivity contribution >= 4 is 21.9 Å². The summed E-state index contributed by atoms with van der Waals surface area (Å²) in [6.07, 6.45) is 3.63. The summed E-state index contributed by atoms with van der Waals surface area (Å²) >= 11 is 3.28. The Morgan fingerprint density at radius 1 is 1.70 bits per heavy atom. The molecule has 1 heterocycles. The van der Waals surface area contributed by atoms with Crippen LogP contribution in [0, 0.1) is 0 Å². The Morgan fingerprint density at radius 3 is 3.00 bits per heavy atom. The minimum Gasteiger partial charge on any atom is -0.462 e. The summed E-state index contributed by atoms with van der Waals surface area (Å²) in [6.45, 7) is 0.562. The Hall–Kier alpha value is -0.310. The zero-order valence-corrected chi connectivity index (χ0v) is 7.19. The van der Waals surface area contributed by atoms with E-state index in [4.69, 9.17) is 4.74 Å². The van der Waals surface area contributed by atoms with Crippen LogP contribution >= 0.6 is 15.9 Å². The van der Waals surface area contributed by atoms with Crippen LogP contribution in [0.15, 0.2) is 11.6 Å². The molecule has 0 aromatic rings. The number of carbonyl (C=O) groups excluding carboxylic acids is 1. The Kier molecular flexibility index (Phi) is 2.93. The lowest BCUT2D eigenvalue weighted by molar-refractivity contribution is -0.135. The molecule has 0 aliphatic carbocycles. The number of cyclic esters (lactones) is 1. The number of hydrogen-bond donors (Lipinski definition) is 0. The zero-order valence-electron chi connectivity index (χ0n) is 5.60. The molecule has 1 aliphatic rings. The molecule has 0 aromatic heterocycles. The first-order chi connectivity index (χ1) is 4.84. The standard InChI is InChI=1S/C7H9BrO2/c8-4-1-2-6-3-5-10-7(6)9/h2H,1,3-5H2/b6-2-. The summed E-state index contributed by atoms with van der Waals surface area (Å²) in [5.74, 6) is -0.138. The van der Waals surface area contributed by atoms with Gasteiger partial charge in [-0.05, 0) is 6.42 Å². The summed E-state index contributed by atoms with van der Waals surface area (Å²) < 4.78 is 4.74. The van der Waals surface area contributed by atoms with Crippen LogP contribution in [0.2, 0.25) is 0 Å². The monoisotopic (exact) mass is 204 g/mol. The van der Waals surface area contributed by atoms with Gasteiger partial charge in [-0.3, -0.25) is 0 Å². The molecule has 0 N–H and O–H groups in total. The van der Waals surface area contributed by atoms with Gasteiger partial charge >= 0.3 is 5.97 Å². The van der Waals surface area contributed by atoms with E-state index < -0.39 is 0 Å². The summed E-state index contributed by atoms with van der Waals surface area (Å²) in [7, 11) is 0. The van der Waals surface area contributed by atoms with Crippen LogP contribution in [-0.2, 0) is 9.53 Å². The second kappa shape index (κ2) is 3.76.